The van der Waals surface area contributed by atoms with Gasteiger partial charge in [-0.2, -0.15) is 5.10 Å². The summed E-state index contributed by atoms with van der Waals surface area (Å²) in [6.07, 6.45) is 1.88. The van der Waals surface area contributed by atoms with Gasteiger partial charge in [0.1, 0.15) is 11.6 Å². The summed E-state index contributed by atoms with van der Waals surface area (Å²) in [6.45, 7) is 2.58. The van der Waals surface area contributed by atoms with Crippen LogP contribution in [0.1, 0.15) is 23.7 Å². The van der Waals surface area contributed by atoms with Gasteiger partial charge in [-0.25, -0.2) is 4.39 Å². The molecule has 106 valence electrons. The molecular formula is C15H18FN3O. The number of halogens is 1. The van der Waals surface area contributed by atoms with Crippen molar-refractivity contribution in [3.63, 3.8) is 0 Å². The van der Waals surface area contributed by atoms with Crippen molar-refractivity contribution >= 4 is 0 Å². The first-order valence-electron chi connectivity index (χ1n) is 6.94. The highest BCUT2D eigenvalue weighted by Gasteiger charge is 2.19. The molecule has 1 aromatic heterocycles. The Balaban J connectivity index is 1.51. The number of rotatable bonds is 5. The number of ether oxygens (including phenoxy) is 1. The Labute approximate surface area is 117 Å². The second-order valence-corrected chi connectivity index (χ2v) is 5.06. The van der Waals surface area contributed by atoms with E-state index in [1.807, 2.05) is 0 Å². The molecule has 2 aromatic rings. The van der Waals surface area contributed by atoms with Gasteiger partial charge < -0.3 is 10.1 Å². The van der Waals surface area contributed by atoms with Crippen LogP contribution >= 0.6 is 0 Å². The third-order valence-electron chi connectivity index (χ3n) is 3.57. The molecule has 0 saturated carbocycles. The Hall–Kier alpha value is -1.88. The molecule has 2 N–H and O–H groups in total. The van der Waals surface area contributed by atoms with E-state index in [1.165, 1.54) is 12.1 Å². The van der Waals surface area contributed by atoms with E-state index >= 15 is 0 Å². The van der Waals surface area contributed by atoms with Gasteiger partial charge in [0.2, 0.25) is 0 Å². The van der Waals surface area contributed by atoms with E-state index in [4.69, 9.17) is 4.74 Å². The summed E-state index contributed by atoms with van der Waals surface area (Å²) in [5.41, 5.74) is 2.18. The Morgan fingerprint density at radius 3 is 3.10 bits per heavy atom. The van der Waals surface area contributed by atoms with Crippen molar-refractivity contribution in [1.82, 2.24) is 15.5 Å². The lowest BCUT2D eigenvalue weighted by Gasteiger charge is -2.04. The summed E-state index contributed by atoms with van der Waals surface area (Å²) in [7, 11) is 0. The minimum absolute atomic E-state index is 0.278. The highest BCUT2D eigenvalue weighted by Crippen LogP contribution is 2.21. The van der Waals surface area contributed by atoms with Crippen LogP contribution in [0.15, 0.2) is 30.3 Å². The molecule has 5 heteroatoms. The lowest BCUT2D eigenvalue weighted by atomic mass is 10.0. The molecule has 1 saturated heterocycles. The van der Waals surface area contributed by atoms with Crippen molar-refractivity contribution in [2.45, 2.75) is 18.8 Å². The number of nitrogens with one attached hydrogen (secondary N) is 2. The molecule has 0 aliphatic carbocycles. The second kappa shape index (κ2) is 6.05. The van der Waals surface area contributed by atoms with Crippen molar-refractivity contribution < 1.29 is 9.13 Å². The van der Waals surface area contributed by atoms with Crippen LogP contribution in [0.25, 0.3) is 0 Å². The maximum atomic E-state index is 13.0. The molecule has 4 nitrogen and oxygen atoms in total. The zero-order chi connectivity index (χ0) is 13.8. The van der Waals surface area contributed by atoms with Crippen molar-refractivity contribution in [3.05, 3.63) is 47.5 Å². The molecule has 1 fully saturated rings. The highest BCUT2D eigenvalue weighted by molar-refractivity contribution is 5.22. The fourth-order valence-electron chi connectivity index (χ4n) is 2.46. The average molecular weight is 275 g/mol. The first kappa shape index (κ1) is 13.1. The quantitative estimate of drug-likeness (QED) is 0.880. The van der Waals surface area contributed by atoms with Crippen molar-refractivity contribution in [3.8, 4) is 5.75 Å². The van der Waals surface area contributed by atoms with Crippen molar-refractivity contribution in [1.29, 1.82) is 0 Å². The number of benzene rings is 1. The molecule has 0 spiro atoms. The number of hydrogen-bond donors (Lipinski definition) is 2. The van der Waals surface area contributed by atoms with Crippen LogP contribution in [-0.4, -0.2) is 29.9 Å². The number of aromatic nitrogens is 2. The molecule has 20 heavy (non-hydrogen) atoms. The predicted molar refractivity (Wildman–Crippen MR) is 74.4 cm³/mol. The molecule has 0 amide bonds. The van der Waals surface area contributed by atoms with Crippen LogP contribution in [0.5, 0.6) is 5.75 Å². The lowest BCUT2D eigenvalue weighted by Crippen LogP contribution is -2.08. The maximum Gasteiger partial charge on any atom is 0.126 e. The third-order valence-corrected chi connectivity index (χ3v) is 3.57. The van der Waals surface area contributed by atoms with Gasteiger partial charge >= 0.3 is 0 Å². The Bertz CT molecular complexity index is 564. The van der Waals surface area contributed by atoms with Gasteiger partial charge in [0, 0.05) is 30.6 Å². The highest BCUT2D eigenvalue weighted by atomic mass is 19.1. The van der Waals surface area contributed by atoms with E-state index < -0.39 is 0 Å². The lowest BCUT2D eigenvalue weighted by molar-refractivity contribution is 0.319. The standard InChI is InChI=1S/C15H18FN3O/c16-12-2-1-3-14(8-12)20-7-5-13-9-15(19-18-13)11-4-6-17-10-11/h1-3,8-9,11,17H,4-7,10H2,(H,18,19)/t11-/m1/s1. The number of hydrogen-bond acceptors (Lipinski definition) is 3. The summed E-state index contributed by atoms with van der Waals surface area (Å²) in [5.74, 6) is 0.800. The summed E-state index contributed by atoms with van der Waals surface area (Å²) in [6, 6.07) is 8.30. The molecule has 0 unspecified atom stereocenters. The second-order valence-electron chi connectivity index (χ2n) is 5.06. The Morgan fingerprint density at radius 2 is 2.30 bits per heavy atom. The third kappa shape index (κ3) is 3.17. The van der Waals surface area contributed by atoms with E-state index in [1.54, 1.807) is 12.1 Å². The van der Waals surface area contributed by atoms with E-state index in [-0.39, 0.29) is 5.82 Å². The molecular weight excluding hydrogens is 257 g/mol. The fraction of sp³-hybridized carbons (Fsp3) is 0.400. The molecule has 1 aliphatic rings. The monoisotopic (exact) mass is 275 g/mol. The van der Waals surface area contributed by atoms with Gasteiger partial charge in [-0.3, -0.25) is 5.10 Å². The minimum Gasteiger partial charge on any atom is -0.493 e. The van der Waals surface area contributed by atoms with Crippen LogP contribution in [0.3, 0.4) is 0 Å². The van der Waals surface area contributed by atoms with Gasteiger partial charge in [-0.15, -0.1) is 0 Å². The average Bonchev–Trinajstić information content (AvgIpc) is 3.09. The SMILES string of the molecule is Fc1cccc(OCCc2cc([C@@H]3CCNC3)n[nH]2)c1. The molecule has 0 radical (unpaired) electrons. The molecule has 1 aromatic carbocycles. The Morgan fingerprint density at radius 1 is 1.35 bits per heavy atom. The summed E-state index contributed by atoms with van der Waals surface area (Å²) < 4.78 is 18.5. The summed E-state index contributed by atoms with van der Waals surface area (Å²) >= 11 is 0. The van der Waals surface area contributed by atoms with Crippen molar-refractivity contribution in [2.24, 2.45) is 0 Å². The molecule has 0 bridgehead atoms. The minimum atomic E-state index is -0.278. The Kier molecular flexibility index (Phi) is 3.97. The smallest absolute Gasteiger partial charge is 0.126 e. The van der Waals surface area contributed by atoms with Crippen LogP contribution in [0.4, 0.5) is 4.39 Å². The molecule has 3 rings (SSSR count). The fourth-order valence-corrected chi connectivity index (χ4v) is 2.46. The van der Waals surface area contributed by atoms with E-state index in [0.717, 1.165) is 37.3 Å². The van der Waals surface area contributed by atoms with Gasteiger partial charge in [0.05, 0.1) is 12.3 Å². The van der Waals surface area contributed by atoms with Gasteiger partial charge in [0.15, 0.2) is 0 Å². The molecule has 1 aliphatic heterocycles. The van der Waals surface area contributed by atoms with Gasteiger partial charge in [0.25, 0.3) is 0 Å². The van der Waals surface area contributed by atoms with Crippen molar-refractivity contribution in [2.75, 3.05) is 19.7 Å². The van der Waals surface area contributed by atoms with Crippen LogP contribution < -0.4 is 10.1 Å². The van der Waals surface area contributed by atoms with Crippen LogP contribution in [0.2, 0.25) is 0 Å². The molecule has 1 atom stereocenters. The zero-order valence-corrected chi connectivity index (χ0v) is 11.2. The van der Waals surface area contributed by atoms with Gasteiger partial charge in [-0.1, -0.05) is 6.07 Å². The number of nitrogens with zero attached hydrogens (tertiary/aromatic N) is 1. The summed E-state index contributed by atoms with van der Waals surface area (Å²) in [4.78, 5) is 0. The van der Waals surface area contributed by atoms with E-state index in [2.05, 4.69) is 21.6 Å². The summed E-state index contributed by atoms with van der Waals surface area (Å²) in [5, 5.41) is 10.7. The van der Waals surface area contributed by atoms with E-state index in [9.17, 15) is 4.39 Å². The van der Waals surface area contributed by atoms with Crippen LogP contribution in [-0.2, 0) is 6.42 Å². The van der Waals surface area contributed by atoms with E-state index in [0.29, 0.717) is 18.3 Å². The normalized spacial score (nSPS) is 18.4. The number of H-pyrrole nitrogens is 1. The topological polar surface area (TPSA) is 49.9 Å². The van der Waals surface area contributed by atoms with Crippen LogP contribution in [0, 0.1) is 5.82 Å². The largest absolute Gasteiger partial charge is 0.493 e. The first-order chi connectivity index (χ1) is 9.81. The maximum absolute atomic E-state index is 13.0. The first-order valence-corrected chi connectivity index (χ1v) is 6.94. The number of aromatic amines is 1. The predicted octanol–water partition coefficient (Wildman–Crippen LogP) is 2.25. The molecule has 2 heterocycles. The van der Waals surface area contributed by atoms with Gasteiger partial charge in [-0.05, 0) is 31.2 Å². The zero-order valence-electron chi connectivity index (χ0n) is 11.2.